The Morgan fingerprint density at radius 3 is 2.21 bits per heavy atom. The van der Waals surface area contributed by atoms with E-state index in [1.807, 2.05) is 37.3 Å². The SMILES string of the molecule is COc1cc(-c2onc(C)c2C(=O)N[C@@H](C)c2ccccc2)cc(OC)c1OC. The number of carbonyl (C=O) groups excluding carboxylic acids is 1. The Hall–Kier alpha value is -3.48. The van der Waals surface area contributed by atoms with Crippen molar-refractivity contribution in [2.45, 2.75) is 19.9 Å². The Labute approximate surface area is 169 Å². The molecule has 1 aromatic heterocycles. The van der Waals surface area contributed by atoms with Gasteiger partial charge in [0.05, 0.1) is 33.1 Å². The third kappa shape index (κ3) is 4.03. The Bertz CT molecular complexity index is 973. The lowest BCUT2D eigenvalue weighted by Gasteiger charge is -2.15. The van der Waals surface area contributed by atoms with Crippen LogP contribution in [0.25, 0.3) is 11.3 Å². The van der Waals surface area contributed by atoms with Crippen LogP contribution in [0.1, 0.15) is 34.6 Å². The minimum absolute atomic E-state index is 0.175. The molecule has 0 spiro atoms. The van der Waals surface area contributed by atoms with Gasteiger partial charge in [-0.3, -0.25) is 4.79 Å². The number of carbonyl (C=O) groups is 1. The number of methoxy groups -OCH3 is 3. The molecule has 0 saturated heterocycles. The van der Waals surface area contributed by atoms with Crippen LogP contribution in [-0.4, -0.2) is 32.4 Å². The molecule has 3 aromatic rings. The van der Waals surface area contributed by atoms with Gasteiger partial charge in [0.25, 0.3) is 5.91 Å². The lowest BCUT2D eigenvalue weighted by molar-refractivity contribution is 0.0939. The van der Waals surface area contributed by atoms with Crippen LogP contribution in [-0.2, 0) is 0 Å². The highest BCUT2D eigenvalue weighted by Gasteiger charge is 2.25. The number of hydrogen-bond acceptors (Lipinski definition) is 6. The predicted octanol–water partition coefficient (Wildman–Crippen LogP) is 4.17. The molecule has 7 nitrogen and oxygen atoms in total. The van der Waals surface area contributed by atoms with Crippen molar-refractivity contribution in [3.05, 3.63) is 59.3 Å². The number of ether oxygens (including phenoxy) is 3. The van der Waals surface area contributed by atoms with E-state index >= 15 is 0 Å². The first-order valence-electron chi connectivity index (χ1n) is 9.12. The second-order valence-electron chi connectivity index (χ2n) is 6.49. The highest BCUT2D eigenvalue weighted by Crippen LogP contribution is 2.42. The van der Waals surface area contributed by atoms with E-state index in [0.29, 0.717) is 39.8 Å². The van der Waals surface area contributed by atoms with E-state index < -0.39 is 0 Å². The molecule has 0 fully saturated rings. The number of amides is 1. The van der Waals surface area contributed by atoms with Crippen LogP contribution < -0.4 is 19.5 Å². The summed E-state index contributed by atoms with van der Waals surface area (Å²) in [7, 11) is 4.59. The fraction of sp³-hybridized carbons (Fsp3) is 0.273. The lowest BCUT2D eigenvalue weighted by atomic mass is 10.0. The Morgan fingerprint density at radius 2 is 1.66 bits per heavy atom. The van der Waals surface area contributed by atoms with Crippen molar-refractivity contribution in [3.63, 3.8) is 0 Å². The number of nitrogens with zero attached hydrogens (tertiary/aromatic N) is 1. The fourth-order valence-electron chi connectivity index (χ4n) is 3.14. The van der Waals surface area contributed by atoms with Crippen molar-refractivity contribution >= 4 is 5.91 Å². The second kappa shape index (κ2) is 8.68. The van der Waals surface area contributed by atoms with Crippen molar-refractivity contribution in [2.24, 2.45) is 0 Å². The summed E-state index contributed by atoms with van der Waals surface area (Å²) in [5.41, 5.74) is 2.45. The lowest BCUT2D eigenvalue weighted by Crippen LogP contribution is -2.27. The summed E-state index contributed by atoms with van der Waals surface area (Å²) in [6, 6.07) is 13.0. The number of rotatable bonds is 7. The summed E-state index contributed by atoms with van der Waals surface area (Å²) in [5, 5.41) is 7.00. The molecule has 0 aliphatic rings. The molecular weight excluding hydrogens is 372 g/mol. The zero-order chi connectivity index (χ0) is 21.0. The van der Waals surface area contributed by atoms with E-state index in [0.717, 1.165) is 5.56 Å². The van der Waals surface area contributed by atoms with Crippen LogP contribution >= 0.6 is 0 Å². The molecule has 29 heavy (non-hydrogen) atoms. The van der Waals surface area contributed by atoms with Gasteiger partial charge in [-0.1, -0.05) is 35.5 Å². The van der Waals surface area contributed by atoms with Crippen LogP contribution in [0.4, 0.5) is 0 Å². The van der Waals surface area contributed by atoms with Gasteiger partial charge in [0.2, 0.25) is 5.75 Å². The van der Waals surface area contributed by atoms with E-state index in [2.05, 4.69) is 10.5 Å². The first kappa shape index (κ1) is 20.3. The zero-order valence-electron chi connectivity index (χ0n) is 17.1. The van der Waals surface area contributed by atoms with Crippen molar-refractivity contribution in [2.75, 3.05) is 21.3 Å². The maximum absolute atomic E-state index is 13.0. The van der Waals surface area contributed by atoms with Gasteiger partial charge in [0, 0.05) is 5.56 Å². The van der Waals surface area contributed by atoms with E-state index in [-0.39, 0.29) is 11.9 Å². The van der Waals surface area contributed by atoms with Crippen molar-refractivity contribution < 1.29 is 23.5 Å². The molecule has 0 aliphatic heterocycles. The minimum atomic E-state index is -0.274. The molecule has 1 heterocycles. The monoisotopic (exact) mass is 396 g/mol. The smallest absolute Gasteiger partial charge is 0.257 e. The van der Waals surface area contributed by atoms with Crippen molar-refractivity contribution in [1.82, 2.24) is 10.5 Å². The van der Waals surface area contributed by atoms with Gasteiger partial charge >= 0.3 is 0 Å². The van der Waals surface area contributed by atoms with Gasteiger partial charge in [-0.25, -0.2) is 0 Å². The number of aromatic nitrogens is 1. The van der Waals surface area contributed by atoms with Crippen LogP contribution in [0, 0.1) is 6.92 Å². The minimum Gasteiger partial charge on any atom is -0.493 e. The molecule has 2 aromatic carbocycles. The van der Waals surface area contributed by atoms with Gasteiger partial charge in [-0.2, -0.15) is 0 Å². The number of hydrogen-bond donors (Lipinski definition) is 1. The van der Waals surface area contributed by atoms with E-state index in [4.69, 9.17) is 18.7 Å². The summed E-state index contributed by atoms with van der Waals surface area (Å²) < 4.78 is 21.7. The highest BCUT2D eigenvalue weighted by atomic mass is 16.5. The third-order valence-corrected chi connectivity index (χ3v) is 4.66. The summed E-state index contributed by atoms with van der Waals surface area (Å²) in [5.74, 6) is 1.43. The molecule has 0 radical (unpaired) electrons. The molecule has 0 saturated carbocycles. The van der Waals surface area contributed by atoms with Crippen molar-refractivity contribution in [1.29, 1.82) is 0 Å². The average molecular weight is 396 g/mol. The van der Waals surface area contributed by atoms with Crippen LogP contribution in [0.5, 0.6) is 17.2 Å². The van der Waals surface area contributed by atoms with E-state index in [9.17, 15) is 4.79 Å². The van der Waals surface area contributed by atoms with Crippen molar-refractivity contribution in [3.8, 4) is 28.6 Å². The fourth-order valence-corrected chi connectivity index (χ4v) is 3.14. The Kier molecular flexibility index (Phi) is 6.07. The molecule has 3 rings (SSSR count). The Balaban J connectivity index is 1.99. The first-order valence-corrected chi connectivity index (χ1v) is 9.12. The molecule has 152 valence electrons. The topological polar surface area (TPSA) is 82.8 Å². The number of benzene rings is 2. The quantitative estimate of drug-likeness (QED) is 0.645. The predicted molar refractivity (Wildman–Crippen MR) is 109 cm³/mol. The molecule has 0 aliphatic carbocycles. The van der Waals surface area contributed by atoms with Gasteiger partial charge in [-0.15, -0.1) is 0 Å². The molecule has 0 bridgehead atoms. The third-order valence-electron chi connectivity index (χ3n) is 4.66. The van der Waals surface area contributed by atoms with Crippen LogP contribution in [0.2, 0.25) is 0 Å². The van der Waals surface area contributed by atoms with Gasteiger partial charge in [0.1, 0.15) is 5.56 Å². The summed E-state index contributed by atoms with van der Waals surface area (Å²) in [6.45, 7) is 3.66. The standard InChI is InChI=1S/C22H24N2O5/c1-13(15-9-7-6-8-10-15)23-22(25)19-14(2)24-29-20(19)16-11-17(26-3)21(28-5)18(12-16)27-4/h6-13H,1-5H3,(H,23,25)/t13-/m0/s1. The number of nitrogens with one attached hydrogen (secondary N) is 1. The van der Waals surface area contributed by atoms with Gasteiger partial charge in [-0.05, 0) is 31.5 Å². The maximum atomic E-state index is 13.0. The van der Waals surface area contributed by atoms with E-state index in [1.54, 1.807) is 19.1 Å². The molecule has 1 amide bonds. The molecule has 0 unspecified atom stereocenters. The summed E-state index contributed by atoms with van der Waals surface area (Å²) in [6.07, 6.45) is 0. The number of aryl methyl sites for hydroxylation is 1. The highest BCUT2D eigenvalue weighted by molar-refractivity contribution is 6.01. The summed E-state index contributed by atoms with van der Waals surface area (Å²) >= 11 is 0. The second-order valence-corrected chi connectivity index (χ2v) is 6.49. The molecule has 7 heteroatoms. The first-order chi connectivity index (χ1) is 14.0. The average Bonchev–Trinajstić information content (AvgIpc) is 3.14. The zero-order valence-corrected chi connectivity index (χ0v) is 17.1. The Morgan fingerprint density at radius 1 is 1.03 bits per heavy atom. The van der Waals surface area contributed by atoms with Crippen LogP contribution in [0.15, 0.2) is 47.0 Å². The molecule has 1 atom stereocenters. The van der Waals surface area contributed by atoms with Gasteiger partial charge < -0.3 is 24.1 Å². The molecular formula is C22H24N2O5. The summed E-state index contributed by atoms with van der Waals surface area (Å²) in [4.78, 5) is 13.0. The van der Waals surface area contributed by atoms with Crippen LogP contribution in [0.3, 0.4) is 0 Å². The van der Waals surface area contributed by atoms with Gasteiger partial charge in [0.15, 0.2) is 17.3 Å². The molecule has 1 N–H and O–H groups in total. The normalized spacial score (nSPS) is 11.6. The maximum Gasteiger partial charge on any atom is 0.257 e. The van der Waals surface area contributed by atoms with E-state index in [1.165, 1.54) is 21.3 Å². The largest absolute Gasteiger partial charge is 0.493 e.